The van der Waals surface area contributed by atoms with E-state index >= 15 is 0 Å². The molecule has 1 aliphatic heterocycles. The SMILES string of the molecule is COc1ccccc1NC(=O)[C@H](C)OC(=O)C1CCN(C(=O)Nc2ccccc2)CC1. The summed E-state index contributed by atoms with van der Waals surface area (Å²) in [7, 11) is 1.51. The highest BCUT2D eigenvalue weighted by atomic mass is 16.5. The van der Waals surface area contributed by atoms with Crippen LogP contribution < -0.4 is 15.4 Å². The standard InChI is InChI=1S/C23H27N3O5/c1-16(21(27)25-19-10-6-7-11-20(19)30-2)31-22(28)17-12-14-26(15-13-17)23(29)24-18-8-4-3-5-9-18/h3-11,16-17H,12-15H2,1-2H3,(H,24,29)(H,25,27)/t16-/m0/s1. The van der Waals surface area contributed by atoms with E-state index in [2.05, 4.69) is 10.6 Å². The Morgan fingerprint density at radius 1 is 0.968 bits per heavy atom. The lowest BCUT2D eigenvalue weighted by Crippen LogP contribution is -2.43. The van der Waals surface area contributed by atoms with E-state index in [1.807, 2.05) is 30.3 Å². The van der Waals surface area contributed by atoms with Crippen molar-refractivity contribution in [1.82, 2.24) is 4.90 Å². The van der Waals surface area contributed by atoms with Gasteiger partial charge in [0.15, 0.2) is 6.10 Å². The molecule has 0 spiro atoms. The van der Waals surface area contributed by atoms with Gasteiger partial charge in [-0.15, -0.1) is 0 Å². The summed E-state index contributed by atoms with van der Waals surface area (Å²) in [6.45, 7) is 2.42. The maximum atomic E-state index is 12.5. The van der Waals surface area contributed by atoms with Gasteiger partial charge in [-0.2, -0.15) is 0 Å². The van der Waals surface area contributed by atoms with Crippen molar-refractivity contribution >= 4 is 29.3 Å². The van der Waals surface area contributed by atoms with Gasteiger partial charge in [-0.25, -0.2) is 4.79 Å². The molecule has 0 saturated carbocycles. The van der Waals surface area contributed by atoms with Gasteiger partial charge in [-0.3, -0.25) is 9.59 Å². The zero-order valence-corrected chi connectivity index (χ0v) is 17.7. The maximum absolute atomic E-state index is 12.5. The number of hydrogen-bond donors (Lipinski definition) is 2. The van der Waals surface area contributed by atoms with Crippen LogP contribution in [-0.2, 0) is 14.3 Å². The maximum Gasteiger partial charge on any atom is 0.321 e. The number of carbonyl (C=O) groups is 3. The molecule has 0 unspecified atom stereocenters. The van der Waals surface area contributed by atoms with Crippen LogP contribution in [0, 0.1) is 5.92 Å². The lowest BCUT2D eigenvalue weighted by atomic mass is 9.97. The number of hydrogen-bond acceptors (Lipinski definition) is 5. The molecule has 164 valence electrons. The summed E-state index contributed by atoms with van der Waals surface area (Å²) < 4.78 is 10.6. The summed E-state index contributed by atoms with van der Waals surface area (Å²) in [5.41, 5.74) is 1.24. The van der Waals surface area contributed by atoms with E-state index in [1.165, 1.54) is 14.0 Å². The van der Waals surface area contributed by atoms with Gasteiger partial charge < -0.3 is 25.0 Å². The van der Waals surface area contributed by atoms with Gasteiger partial charge in [-0.1, -0.05) is 30.3 Å². The molecule has 0 radical (unpaired) electrons. The molecule has 1 heterocycles. The number of piperidine rings is 1. The highest BCUT2D eigenvalue weighted by Crippen LogP contribution is 2.24. The first kappa shape index (κ1) is 22.1. The molecule has 0 aliphatic carbocycles. The molecule has 8 heteroatoms. The van der Waals surface area contributed by atoms with Crippen LogP contribution in [0.15, 0.2) is 54.6 Å². The summed E-state index contributed by atoms with van der Waals surface area (Å²) >= 11 is 0. The topological polar surface area (TPSA) is 97.0 Å². The Morgan fingerprint density at radius 2 is 1.61 bits per heavy atom. The number of likely N-dealkylation sites (tertiary alicyclic amines) is 1. The van der Waals surface area contributed by atoms with Crippen molar-refractivity contribution in [3.05, 3.63) is 54.6 Å². The lowest BCUT2D eigenvalue weighted by molar-refractivity contribution is -0.158. The minimum absolute atomic E-state index is 0.192. The van der Waals surface area contributed by atoms with Crippen LogP contribution in [0.5, 0.6) is 5.75 Å². The fraction of sp³-hybridized carbons (Fsp3) is 0.348. The third-order valence-electron chi connectivity index (χ3n) is 5.17. The minimum Gasteiger partial charge on any atom is -0.495 e. The van der Waals surface area contributed by atoms with Gasteiger partial charge in [0, 0.05) is 18.8 Å². The molecule has 1 aliphatic rings. The second-order valence-electron chi connectivity index (χ2n) is 7.33. The Hall–Kier alpha value is -3.55. The van der Waals surface area contributed by atoms with Gasteiger partial charge in [0.25, 0.3) is 5.91 Å². The first-order valence-electron chi connectivity index (χ1n) is 10.2. The van der Waals surface area contributed by atoms with Crippen molar-refractivity contribution in [3.8, 4) is 5.75 Å². The number of para-hydroxylation sites is 3. The van der Waals surface area contributed by atoms with Crippen LogP contribution in [0.1, 0.15) is 19.8 Å². The average molecular weight is 425 g/mol. The number of methoxy groups -OCH3 is 1. The minimum atomic E-state index is -0.947. The third kappa shape index (κ3) is 5.97. The van der Waals surface area contributed by atoms with Crippen molar-refractivity contribution in [3.63, 3.8) is 0 Å². The van der Waals surface area contributed by atoms with E-state index in [1.54, 1.807) is 29.2 Å². The monoisotopic (exact) mass is 425 g/mol. The van der Waals surface area contributed by atoms with Gasteiger partial charge in [-0.05, 0) is 44.0 Å². The number of amides is 3. The first-order chi connectivity index (χ1) is 15.0. The molecule has 2 aromatic carbocycles. The molecule has 3 rings (SSSR count). The second kappa shape index (κ2) is 10.5. The van der Waals surface area contributed by atoms with Gasteiger partial charge in [0.2, 0.25) is 0 Å². The highest BCUT2D eigenvalue weighted by molar-refractivity contribution is 5.96. The number of ether oxygens (including phenoxy) is 2. The molecule has 31 heavy (non-hydrogen) atoms. The largest absolute Gasteiger partial charge is 0.495 e. The predicted molar refractivity (Wildman–Crippen MR) is 117 cm³/mol. The van der Waals surface area contributed by atoms with E-state index in [0.29, 0.717) is 37.4 Å². The Bertz CT molecular complexity index is 910. The Kier molecular flexibility index (Phi) is 7.48. The molecule has 0 bridgehead atoms. The second-order valence-corrected chi connectivity index (χ2v) is 7.33. The Morgan fingerprint density at radius 3 is 2.29 bits per heavy atom. The van der Waals surface area contributed by atoms with Crippen LogP contribution in [0.25, 0.3) is 0 Å². The predicted octanol–water partition coefficient (Wildman–Crippen LogP) is 3.51. The lowest BCUT2D eigenvalue weighted by Gasteiger charge is -2.31. The Balaban J connectivity index is 1.45. The van der Waals surface area contributed by atoms with Crippen LogP contribution >= 0.6 is 0 Å². The summed E-state index contributed by atoms with van der Waals surface area (Å²) in [4.78, 5) is 39.0. The van der Waals surface area contributed by atoms with Crippen molar-refractivity contribution < 1.29 is 23.9 Å². The van der Waals surface area contributed by atoms with Crippen molar-refractivity contribution in [2.75, 3.05) is 30.8 Å². The van der Waals surface area contributed by atoms with Crippen molar-refractivity contribution in [2.45, 2.75) is 25.9 Å². The molecular weight excluding hydrogens is 398 g/mol. The molecule has 8 nitrogen and oxygen atoms in total. The van der Waals surface area contributed by atoms with Gasteiger partial charge in [0.1, 0.15) is 5.75 Å². The molecule has 1 saturated heterocycles. The van der Waals surface area contributed by atoms with E-state index in [4.69, 9.17) is 9.47 Å². The molecule has 1 atom stereocenters. The first-order valence-corrected chi connectivity index (χ1v) is 10.2. The summed E-state index contributed by atoms with van der Waals surface area (Å²) in [5.74, 6) is -0.680. The molecular formula is C23H27N3O5. The van der Waals surface area contributed by atoms with Crippen LogP contribution in [0.3, 0.4) is 0 Å². The summed E-state index contributed by atoms with van der Waals surface area (Å²) in [6.07, 6.45) is 0.0286. The number of nitrogens with zero attached hydrogens (tertiary/aromatic N) is 1. The zero-order chi connectivity index (χ0) is 22.2. The van der Waals surface area contributed by atoms with Crippen molar-refractivity contribution in [1.29, 1.82) is 0 Å². The molecule has 0 aromatic heterocycles. The fourth-order valence-electron chi connectivity index (χ4n) is 3.35. The summed E-state index contributed by atoms with van der Waals surface area (Å²) in [5, 5.41) is 5.56. The molecule has 1 fully saturated rings. The van der Waals surface area contributed by atoms with Crippen LogP contribution in [-0.4, -0.2) is 49.1 Å². The number of urea groups is 1. The number of rotatable bonds is 6. The normalized spacial score (nSPS) is 15.0. The van der Waals surface area contributed by atoms with Crippen molar-refractivity contribution in [2.24, 2.45) is 5.92 Å². The molecule has 2 N–H and O–H groups in total. The number of anilines is 2. The van der Waals surface area contributed by atoms with E-state index in [-0.39, 0.29) is 11.9 Å². The van der Waals surface area contributed by atoms with E-state index in [0.717, 1.165) is 5.69 Å². The quantitative estimate of drug-likeness (QED) is 0.691. The third-order valence-corrected chi connectivity index (χ3v) is 5.17. The van der Waals surface area contributed by atoms with Gasteiger partial charge >= 0.3 is 12.0 Å². The average Bonchev–Trinajstić information content (AvgIpc) is 2.80. The number of esters is 1. The summed E-state index contributed by atoms with van der Waals surface area (Å²) in [6, 6.07) is 16.0. The Labute approximate surface area is 181 Å². The zero-order valence-electron chi connectivity index (χ0n) is 17.7. The molecule has 3 amide bonds. The smallest absolute Gasteiger partial charge is 0.321 e. The van der Waals surface area contributed by atoms with E-state index in [9.17, 15) is 14.4 Å². The number of nitrogens with one attached hydrogen (secondary N) is 2. The fourth-order valence-corrected chi connectivity index (χ4v) is 3.35. The van der Waals surface area contributed by atoms with E-state index < -0.39 is 18.0 Å². The van der Waals surface area contributed by atoms with Crippen LogP contribution in [0.2, 0.25) is 0 Å². The van der Waals surface area contributed by atoms with Crippen LogP contribution in [0.4, 0.5) is 16.2 Å². The highest BCUT2D eigenvalue weighted by Gasteiger charge is 2.30. The molecule has 2 aromatic rings. The number of carbonyl (C=O) groups excluding carboxylic acids is 3. The number of benzene rings is 2. The van der Waals surface area contributed by atoms with Gasteiger partial charge in [0.05, 0.1) is 18.7 Å².